The Morgan fingerprint density at radius 3 is 1.91 bits per heavy atom. The summed E-state index contributed by atoms with van der Waals surface area (Å²) in [5, 5.41) is 8.66. The van der Waals surface area contributed by atoms with Crippen molar-refractivity contribution < 1.29 is 19.1 Å². The number of amides is 2. The summed E-state index contributed by atoms with van der Waals surface area (Å²) in [5.74, 6) is 0. The quantitative estimate of drug-likeness (QED) is 0.377. The van der Waals surface area contributed by atoms with Crippen LogP contribution >= 0.6 is 0 Å². The van der Waals surface area contributed by atoms with Crippen LogP contribution in [0.5, 0.6) is 0 Å². The predicted molar refractivity (Wildman–Crippen MR) is 130 cm³/mol. The highest BCUT2D eigenvalue weighted by Gasteiger charge is 2.23. The SMILES string of the molecule is CCNC(=O)OCc1c(COC(=O)NCC)c2c3ccccc3c3ccccc3n2c1CC. The van der Waals surface area contributed by atoms with Gasteiger partial charge in [0.2, 0.25) is 0 Å². The molecule has 0 fully saturated rings. The number of benzene rings is 2. The summed E-state index contributed by atoms with van der Waals surface area (Å²) in [6.45, 7) is 6.90. The Balaban J connectivity index is 2.00. The number of pyridine rings is 1. The monoisotopic (exact) mass is 447 g/mol. The predicted octanol–water partition coefficient (Wildman–Crippen LogP) is 5.30. The molecule has 33 heavy (non-hydrogen) atoms. The van der Waals surface area contributed by atoms with Gasteiger partial charge in [-0.3, -0.25) is 0 Å². The van der Waals surface area contributed by atoms with Crippen molar-refractivity contribution in [1.29, 1.82) is 0 Å². The first kappa shape index (κ1) is 22.5. The van der Waals surface area contributed by atoms with E-state index in [1.807, 2.05) is 38.1 Å². The second kappa shape index (κ2) is 9.81. The zero-order chi connectivity index (χ0) is 23.4. The van der Waals surface area contributed by atoms with Crippen LogP contribution < -0.4 is 10.6 Å². The van der Waals surface area contributed by atoms with Crippen molar-refractivity contribution in [1.82, 2.24) is 15.0 Å². The lowest BCUT2D eigenvalue weighted by atomic mass is 10.0. The number of ether oxygens (including phenoxy) is 2. The molecule has 2 aromatic carbocycles. The van der Waals surface area contributed by atoms with Crippen molar-refractivity contribution in [2.24, 2.45) is 0 Å². The molecule has 0 aliphatic heterocycles. The van der Waals surface area contributed by atoms with Gasteiger partial charge in [-0.05, 0) is 31.7 Å². The minimum atomic E-state index is -0.476. The van der Waals surface area contributed by atoms with E-state index in [0.717, 1.165) is 50.4 Å². The largest absolute Gasteiger partial charge is 0.445 e. The average molecular weight is 448 g/mol. The van der Waals surface area contributed by atoms with Gasteiger partial charge in [-0.25, -0.2) is 9.59 Å². The molecule has 2 heterocycles. The lowest BCUT2D eigenvalue weighted by Gasteiger charge is -2.12. The fraction of sp³-hybridized carbons (Fsp3) is 0.308. The summed E-state index contributed by atoms with van der Waals surface area (Å²) in [4.78, 5) is 24.2. The standard InChI is InChI=1S/C26H29N3O4/c1-4-22-20(15-32-25(30)27-5-2)21(16-33-26(31)28-6-3)24-19-13-8-7-11-17(19)18-12-9-10-14-23(18)29(22)24/h7-14H,4-6,15-16H2,1-3H3,(H,27,30)(H,28,31). The second-order valence-electron chi connectivity index (χ2n) is 7.72. The Morgan fingerprint density at radius 1 is 0.758 bits per heavy atom. The highest BCUT2D eigenvalue weighted by molar-refractivity contribution is 6.13. The Kier molecular flexibility index (Phi) is 6.68. The van der Waals surface area contributed by atoms with Crippen molar-refractivity contribution in [2.45, 2.75) is 40.4 Å². The van der Waals surface area contributed by atoms with Gasteiger partial charge >= 0.3 is 12.2 Å². The molecule has 0 atom stereocenters. The molecule has 7 nitrogen and oxygen atoms in total. The zero-order valence-electron chi connectivity index (χ0n) is 19.2. The van der Waals surface area contributed by atoms with Gasteiger partial charge in [-0.15, -0.1) is 0 Å². The summed E-state index contributed by atoms with van der Waals surface area (Å²) in [6.07, 6.45) is -0.227. The summed E-state index contributed by atoms with van der Waals surface area (Å²) in [7, 11) is 0. The van der Waals surface area contributed by atoms with Crippen LogP contribution in [0.3, 0.4) is 0 Å². The lowest BCUT2D eigenvalue weighted by molar-refractivity contribution is 0.132. The number of carbonyl (C=O) groups excluding carboxylic acids is 2. The van der Waals surface area contributed by atoms with Crippen LogP contribution in [0.1, 0.15) is 37.6 Å². The molecule has 0 unspecified atom stereocenters. The van der Waals surface area contributed by atoms with E-state index >= 15 is 0 Å². The molecule has 2 aromatic heterocycles. The first-order chi connectivity index (χ1) is 16.1. The van der Waals surface area contributed by atoms with Gasteiger partial charge in [0.15, 0.2) is 0 Å². The maximum absolute atomic E-state index is 12.1. The van der Waals surface area contributed by atoms with Gasteiger partial charge in [0, 0.05) is 40.7 Å². The van der Waals surface area contributed by atoms with E-state index in [0.29, 0.717) is 13.1 Å². The number of para-hydroxylation sites is 1. The number of hydrogen-bond acceptors (Lipinski definition) is 4. The second-order valence-corrected chi connectivity index (χ2v) is 7.72. The summed E-state index contributed by atoms with van der Waals surface area (Å²) < 4.78 is 13.3. The van der Waals surface area contributed by atoms with Crippen LogP contribution in [0.4, 0.5) is 9.59 Å². The maximum atomic E-state index is 12.1. The maximum Gasteiger partial charge on any atom is 0.407 e. The van der Waals surface area contributed by atoms with Gasteiger partial charge in [0.05, 0.1) is 11.0 Å². The normalized spacial score (nSPS) is 11.1. The number of rotatable bonds is 7. The van der Waals surface area contributed by atoms with Crippen molar-refractivity contribution in [3.63, 3.8) is 0 Å². The molecule has 0 radical (unpaired) electrons. The molecular formula is C26H29N3O4. The first-order valence-electron chi connectivity index (χ1n) is 11.4. The van der Waals surface area contributed by atoms with Crippen molar-refractivity contribution in [2.75, 3.05) is 13.1 Å². The molecule has 7 heteroatoms. The highest BCUT2D eigenvalue weighted by Crippen LogP contribution is 2.37. The molecule has 0 saturated carbocycles. The van der Waals surface area contributed by atoms with Crippen LogP contribution in [0.25, 0.3) is 27.2 Å². The molecule has 2 amide bonds. The number of aryl methyl sites for hydroxylation is 1. The number of hydrogen-bond donors (Lipinski definition) is 2. The van der Waals surface area contributed by atoms with Gasteiger partial charge in [-0.2, -0.15) is 0 Å². The first-order valence-corrected chi connectivity index (χ1v) is 11.4. The van der Waals surface area contributed by atoms with E-state index in [1.165, 1.54) is 0 Å². The molecule has 4 aromatic rings. The molecule has 2 N–H and O–H groups in total. The van der Waals surface area contributed by atoms with Crippen LogP contribution in [-0.2, 0) is 29.1 Å². The van der Waals surface area contributed by atoms with E-state index in [9.17, 15) is 9.59 Å². The van der Waals surface area contributed by atoms with E-state index in [4.69, 9.17) is 9.47 Å². The summed E-state index contributed by atoms with van der Waals surface area (Å²) in [6, 6.07) is 16.5. The van der Waals surface area contributed by atoms with Crippen molar-refractivity contribution >= 4 is 39.4 Å². The third-order valence-corrected chi connectivity index (χ3v) is 5.78. The van der Waals surface area contributed by atoms with Gasteiger partial charge in [0.25, 0.3) is 0 Å². The molecule has 0 aliphatic rings. The molecule has 0 saturated heterocycles. The van der Waals surface area contributed by atoms with Crippen molar-refractivity contribution in [3.05, 3.63) is 65.4 Å². The number of aromatic nitrogens is 1. The van der Waals surface area contributed by atoms with E-state index < -0.39 is 12.2 Å². The van der Waals surface area contributed by atoms with E-state index in [2.05, 4.69) is 46.2 Å². The van der Waals surface area contributed by atoms with Gasteiger partial charge in [-0.1, -0.05) is 49.4 Å². The summed E-state index contributed by atoms with van der Waals surface area (Å²) in [5.41, 5.74) is 4.79. The average Bonchev–Trinajstić information content (AvgIpc) is 3.15. The van der Waals surface area contributed by atoms with E-state index in [1.54, 1.807) is 0 Å². The topological polar surface area (TPSA) is 81.1 Å². The highest BCUT2D eigenvalue weighted by atomic mass is 16.6. The molecular weight excluding hydrogens is 418 g/mol. The fourth-order valence-corrected chi connectivity index (χ4v) is 4.46. The number of alkyl carbamates (subject to hydrolysis) is 2. The van der Waals surface area contributed by atoms with Crippen LogP contribution in [0.2, 0.25) is 0 Å². The van der Waals surface area contributed by atoms with E-state index in [-0.39, 0.29) is 13.2 Å². The molecule has 0 bridgehead atoms. The van der Waals surface area contributed by atoms with Crippen LogP contribution in [0, 0.1) is 0 Å². The smallest absolute Gasteiger partial charge is 0.407 e. The minimum absolute atomic E-state index is 0.0752. The van der Waals surface area contributed by atoms with Crippen molar-refractivity contribution in [3.8, 4) is 0 Å². The number of carbonyl (C=O) groups is 2. The lowest BCUT2D eigenvalue weighted by Crippen LogP contribution is -2.24. The number of nitrogens with zero attached hydrogens (tertiary/aromatic N) is 1. The zero-order valence-corrected chi connectivity index (χ0v) is 19.2. The Bertz CT molecular complexity index is 1330. The van der Waals surface area contributed by atoms with Crippen LogP contribution in [-0.4, -0.2) is 29.7 Å². The van der Waals surface area contributed by atoms with Crippen LogP contribution in [0.15, 0.2) is 48.5 Å². The number of nitrogens with one attached hydrogen (secondary N) is 2. The Morgan fingerprint density at radius 2 is 1.30 bits per heavy atom. The van der Waals surface area contributed by atoms with Gasteiger partial charge in [0.1, 0.15) is 13.2 Å². The molecule has 0 spiro atoms. The van der Waals surface area contributed by atoms with Gasteiger partial charge < -0.3 is 24.5 Å². The number of fused-ring (bicyclic) bond motifs is 6. The Hall–Kier alpha value is -3.74. The summed E-state index contributed by atoms with van der Waals surface area (Å²) >= 11 is 0. The minimum Gasteiger partial charge on any atom is -0.445 e. The fourth-order valence-electron chi connectivity index (χ4n) is 4.46. The molecule has 4 rings (SSSR count). The Labute approximate surface area is 192 Å². The molecule has 172 valence electrons. The molecule has 0 aliphatic carbocycles. The third kappa shape index (κ3) is 4.18. The third-order valence-electron chi connectivity index (χ3n) is 5.78.